The lowest BCUT2D eigenvalue weighted by atomic mass is 10.2. The lowest BCUT2D eigenvalue weighted by Gasteiger charge is -2.08. The van der Waals surface area contributed by atoms with Gasteiger partial charge in [-0.2, -0.15) is 0 Å². The number of carbonyl (C=O) groups is 2. The molecule has 0 saturated carbocycles. The number of benzene rings is 2. The van der Waals surface area contributed by atoms with E-state index in [9.17, 15) is 9.59 Å². The van der Waals surface area contributed by atoms with E-state index in [0.29, 0.717) is 34.4 Å². The van der Waals surface area contributed by atoms with E-state index in [2.05, 4.69) is 20.8 Å². The summed E-state index contributed by atoms with van der Waals surface area (Å²) in [6, 6.07) is 16.8. The Morgan fingerprint density at radius 3 is 2.29 bits per heavy atom. The van der Waals surface area contributed by atoms with Gasteiger partial charge in [0, 0.05) is 5.69 Å². The maximum Gasteiger partial charge on any atom is 0.338 e. The minimum atomic E-state index is -0.368. The van der Waals surface area contributed by atoms with Gasteiger partial charge in [-0.3, -0.25) is 4.79 Å². The van der Waals surface area contributed by atoms with E-state index < -0.39 is 0 Å². The molecule has 0 aliphatic rings. The van der Waals surface area contributed by atoms with Gasteiger partial charge in [0.25, 0.3) is 5.91 Å². The summed E-state index contributed by atoms with van der Waals surface area (Å²) in [4.78, 5) is 23.9. The van der Waals surface area contributed by atoms with Gasteiger partial charge in [0.15, 0.2) is 11.6 Å². The number of hydrogen-bond donors (Lipinski definition) is 2. The summed E-state index contributed by atoms with van der Waals surface area (Å²) < 4.78 is 4.95. The Morgan fingerprint density at radius 1 is 0.964 bits per heavy atom. The second-order valence-corrected chi connectivity index (χ2v) is 6.07. The number of carbonyl (C=O) groups excluding carboxylic acids is 2. The fourth-order valence-electron chi connectivity index (χ4n) is 2.35. The molecule has 0 atom stereocenters. The molecule has 0 unspecified atom stereocenters. The Balaban J connectivity index is 1.62. The molecular weight excluding hydrogens is 380 g/mol. The molecule has 28 heavy (non-hydrogen) atoms. The van der Waals surface area contributed by atoms with E-state index in [4.69, 9.17) is 16.3 Å². The molecule has 2 aromatic carbocycles. The van der Waals surface area contributed by atoms with Gasteiger partial charge in [0.05, 0.1) is 22.8 Å². The first-order valence-corrected chi connectivity index (χ1v) is 8.88. The summed E-state index contributed by atoms with van der Waals surface area (Å²) in [5.74, 6) is 0.0513. The molecule has 3 rings (SSSR count). The van der Waals surface area contributed by atoms with Crippen LogP contribution in [0.3, 0.4) is 0 Å². The van der Waals surface area contributed by atoms with Gasteiger partial charge in [-0.15, -0.1) is 10.2 Å². The zero-order valence-corrected chi connectivity index (χ0v) is 15.7. The van der Waals surface area contributed by atoms with Crippen molar-refractivity contribution in [1.82, 2.24) is 10.2 Å². The highest BCUT2D eigenvalue weighted by Crippen LogP contribution is 2.18. The van der Waals surface area contributed by atoms with Crippen LogP contribution in [0.2, 0.25) is 5.02 Å². The normalized spacial score (nSPS) is 10.2. The fraction of sp³-hybridized carbons (Fsp3) is 0.100. The van der Waals surface area contributed by atoms with Crippen molar-refractivity contribution in [2.45, 2.75) is 6.92 Å². The minimum absolute atomic E-state index is 0.299. The number of nitrogens with one attached hydrogen (secondary N) is 2. The summed E-state index contributed by atoms with van der Waals surface area (Å²) in [6.45, 7) is 2.08. The van der Waals surface area contributed by atoms with Crippen molar-refractivity contribution >= 4 is 40.8 Å². The molecule has 8 heteroatoms. The van der Waals surface area contributed by atoms with Crippen molar-refractivity contribution in [3.8, 4) is 0 Å². The maximum atomic E-state index is 12.2. The number of amides is 1. The molecule has 0 bridgehead atoms. The van der Waals surface area contributed by atoms with Crippen LogP contribution in [0.25, 0.3) is 0 Å². The smallest absolute Gasteiger partial charge is 0.338 e. The standard InChI is InChI=1S/C20H17ClN4O3/c1-2-28-20(27)13-7-9-14(10-8-13)22-17-11-12-18(25-24-17)23-19(26)15-5-3-4-6-16(15)21/h3-12H,2H2,1H3,(H,22,24)(H,23,25,26). The van der Waals surface area contributed by atoms with Crippen molar-refractivity contribution in [3.63, 3.8) is 0 Å². The zero-order valence-electron chi connectivity index (χ0n) is 15.0. The number of nitrogens with zero attached hydrogens (tertiary/aromatic N) is 2. The highest BCUT2D eigenvalue weighted by Gasteiger charge is 2.11. The van der Waals surface area contributed by atoms with E-state index in [1.807, 2.05) is 0 Å². The van der Waals surface area contributed by atoms with Gasteiger partial charge in [0.2, 0.25) is 0 Å². The average molecular weight is 397 g/mol. The molecule has 142 valence electrons. The molecular formula is C20H17ClN4O3. The number of hydrogen-bond acceptors (Lipinski definition) is 6. The van der Waals surface area contributed by atoms with Gasteiger partial charge < -0.3 is 15.4 Å². The van der Waals surface area contributed by atoms with Crippen LogP contribution in [-0.2, 0) is 4.74 Å². The summed E-state index contributed by atoms with van der Waals surface area (Å²) in [5.41, 5.74) is 1.56. The Kier molecular flexibility index (Phi) is 6.18. The number of ether oxygens (including phenoxy) is 1. The molecule has 1 aromatic heterocycles. The van der Waals surface area contributed by atoms with Crippen LogP contribution in [-0.4, -0.2) is 28.7 Å². The van der Waals surface area contributed by atoms with Gasteiger partial charge >= 0.3 is 5.97 Å². The molecule has 0 fully saturated rings. The zero-order chi connectivity index (χ0) is 19.9. The van der Waals surface area contributed by atoms with Crippen LogP contribution in [0.4, 0.5) is 17.3 Å². The Labute approximate surface area is 166 Å². The van der Waals surface area contributed by atoms with Gasteiger partial charge in [-0.05, 0) is 55.5 Å². The van der Waals surface area contributed by atoms with Crippen LogP contribution in [0.5, 0.6) is 0 Å². The van der Waals surface area contributed by atoms with Crippen molar-refractivity contribution in [2.24, 2.45) is 0 Å². The first kappa shape index (κ1) is 19.3. The predicted molar refractivity (Wildman–Crippen MR) is 107 cm³/mol. The summed E-state index contributed by atoms with van der Waals surface area (Å²) in [7, 11) is 0. The van der Waals surface area contributed by atoms with Crippen molar-refractivity contribution in [2.75, 3.05) is 17.2 Å². The largest absolute Gasteiger partial charge is 0.462 e. The SMILES string of the molecule is CCOC(=O)c1ccc(Nc2ccc(NC(=O)c3ccccc3Cl)nn2)cc1. The van der Waals surface area contributed by atoms with Crippen LogP contribution < -0.4 is 10.6 Å². The van der Waals surface area contributed by atoms with Crippen LogP contribution >= 0.6 is 11.6 Å². The van der Waals surface area contributed by atoms with Crippen LogP contribution in [0, 0.1) is 0 Å². The third-order valence-corrected chi connectivity index (χ3v) is 4.02. The number of aromatic nitrogens is 2. The molecule has 0 spiro atoms. The third-order valence-electron chi connectivity index (χ3n) is 3.69. The molecule has 1 heterocycles. The van der Waals surface area contributed by atoms with Crippen molar-refractivity contribution in [1.29, 1.82) is 0 Å². The first-order valence-electron chi connectivity index (χ1n) is 8.50. The quantitative estimate of drug-likeness (QED) is 0.603. The summed E-state index contributed by atoms with van der Waals surface area (Å²) >= 11 is 6.01. The van der Waals surface area contributed by atoms with E-state index in [0.717, 1.165) is 5.69 Å². The molecule has 2 N–H and O–H groups in total. The van der Waals surface area contributed by atoms with E-state index >= 15 is 0 Å². The lowest BCUT2D eigenvalue weighted by Crippen LogP contribution is -2.14. The average Bonchev–Trinajstić information content (AvgIpc) is 2.70. The van der Waals surface area contributed by atoms with Gasteiger partial charge in [-0.25, -0.2) is 4.79 Å². The van der Waals surface area contributed by atoms with Crippen LogP contribution in [0.1, 0.15) is 27.6 Å². The summed E-state index contributed by atoms with van der Waals surface area (Å²) in [6.07, 6.45) is 0. The van der Waals surface area contributed by atoms with E-state index in [-0.39, 0.29) is 11.9 Å². The van der Waals surface area contributed by atoms with Crippen molar-refractivity contribution < 1.29 is 14.3 Å². The predicted octanol–water partition coefficient (Wildman–Crippen LogP) is 4.30. The number of halogens is 1. The maximum absolute atomic E-state index is 12.2. The molecule has 3 aromatic rings. The Hall–Kier alpha value is -3.45. The lowest BCUT2D eigenvalue weighted by molar-refractivity contribution is 0.0526. The fourth-order valence-corrected chi connectivity index (χ4v) is 2.57. The van der Waals surface area contributed by atoms with E-state index in [1.54, 1.807) is 67.6 Å². The second-order valence-electron chi connectivity index (χ2n) is 5.66. The number of esters is 1. The molecule has 7 nitrogen and oxygen atoms in total. The molecule has 0 radical (unpaired) electrons. The monoisotopic (exact) mass is 396 g/mol. The van der Waals surface area contributed by atoms with Crippen LogP contribution in [0.15, 0.2) is 60.7 Å². The number of rotatable bonds is 6. The molecule has 0 saturated heterocycles. The highest BCUT2D eigenvalue weighted by molar-refractivity contribution is 6.34. The Bertz CT molecular complexity index is 976. The molecule has 0 aliphatic heterocycles. The number of anilines is 3. The van der Waals surface area contributed by atoms with Gasteiger partial charge in [-0.1, -0.05) is 23.7 Å². The minimum Gasteiger partial charge on any atom is -0.462 e. The van der Waals surface area contributed by atoms with Crippen molar-refractivity contribution in [3.05, 3.63) is 76.8 Å². The second kappa shape index (κ2) is 8.96. The van der Waals surface area contributed by atoms with Gasteiger partial charge in [0.1, 0.15) is 0 Å². The first-order chi connectivity index (χ1) is 13.6. The topological polar surface area (TPSA) is 93.2 Å². The van der Waals surface area contributed by atoms with E-state index in [1.165, 1.54) is 0 Å². The molecule has 0 aliphatic carbocycles. The summed E-state index contributed by atoms with van der Waals surface area (Å²) in [5, 5.41) is 14.1. The third kappa shape index (κ3) is 4.83. The Morgan fingerprint density at radius 2 is 1.64 bits per heavy atom. The molecule has 1 amide bonds. The highest BCUT2D eigenvalue weighted by atomic mass is 35.5.